The van der Waals surface area contributed by atoms with Crippen molar-refractivity contribution in [3.05, 3.63) is 22.2 Å². The lowest BCUT2D eigenvalue weighted by molar-refractivity contribution is 1.11. The summed E-state index contributed by atoms with van der Waals surface area (Å²) < 4.78 is 0.977. The first-order valence-corrected chi connectivity index (χ1v) is 4.39. The van der Waals surface area contributed by atoms with Gasteiger partial charge in [-0.1, -0.05) is 6.07 Å². The van der Waals surface area contributed by atoms with E-state index in [-0.39, 0.29) is 0 Å². The number of halogens is 1. The van der Waals surface area contributed by atoms with E-state index < -0.39 is 0 Å². The van der Waals surface area contributed by atoms with Gasteiger partial charge in [0, 0.05) is 11.0 Å². The zero-order chi connectivity index (χ0) is 7.84. The van der Waals surface area contributed by atoms with Crippen LogP contribution in [-0.4, -0.2) is 6.54 Å². The van der Waals surface area contributed by atoms with Crippen LogP contribution in [0.4, 0.5) is 11.4 Å². The highest BCUT2D eigenvalue weighted by Crippen LogP contribution is 2.34. The lowest BCUT2D eigenvalue weighted by Gasteiger charge is -2.05. The number of hydrogen-bond acceptors (Lipinski definition) is 2. The Morgan fingerprint density at radius 3 is 3.09 bits per heavy atom. The molecule has 2 rings (SSSR count). The summed E-state index contributed by atoms with van der Waals surface area (Å²) in [5.74, 6) is 0. The fourth-order valence-electron chi connectivity index (χ4n) is 1.38. The summed E-state index contributed by atoms with van der Waals surface area (Å²) in [4.78, 5) is 0. The molecule has 2 nitrogen and oxygen atoms in total. The molecule has 0 aliphatic carbocycles. The lowest BCUT2D eigenvalue weighted by Crippen LogP contribution is -1.96. The third-order valence-corrected chi connectivity index (χ3v) is 2.67. The Labute approximate surface area is 73.9 Å². The minimum absolute atomic E-state index is 0.833. The number of rotatable bonds is 0. The van der Waals surface area contributed by atoms with Crippen LogP contribution in [0.2, 0.25) is 0 Å². The van der Waals surface area contributed by atoms with E-state index >= 15 is 0 Å². The van der Waals surface area contributed by atoms with Crippen molar-refractivity contribution < 1.29 is 0 Å². The van der Waals surface area contributed by atoms with Crippen LogP contribution in [0.1, 0.15) is 5.56 Å². The molecule has 3 heteroatoms. The topological polar surface area (TPSA) is 38.0 Å². The van der Waals surface area contributed by atoms with Gasteiger partial charge in [-0.15, -0.1) is 0 Å². The summed E-state index contributed by atoms with van der Waals surface area (Å²) >= 11 is 3.38. The Bertz CT molecular complexity index is 296. The van der Waals surface area contributed by atoms with Crippen molar-refractivity contribution in [2.45, 2.75) is 6.42 Å². The van der Waals surface area contributed by atoms with Crippen LogP contribution in [0.15, 0.2) is 16.6 Å². The lowest BCUT2D eigenvalue weighted by atomic mass is 10.1. The second-order valence-corrected chi connectivity index (χ2v) is 3.53. The first-order chi connectivity index (χ1) is 5.29. The Hall–Kier alpha value is -0.700. The van der Waals surface area contributed by atoms with Crippen LogP contribution in [0.25, 0.3) is 0 Å². The molecule has 0 bridgehead atoms. The van der Waals surface area contributed by atoms with E-state index in [4.69, 9.17) is 5.73 Å². The van der Waals surface area contributed by atoms with Crippen LogP contribution >= 0.6 is 15.9 Å². The van der Waals surface area contributed by atoms with Gasteiger partial charge in [0.05, 0.1) is 11.4 Å². The van der Waals surface area contributed by atoms with E-state index in [2.05, 4.69) is 27.3 Å². The van der Waals surface area contributed by atoms with Crippen LogP contribution in [0, 0.1) is 0 Å². The molecule has 3 N–H and O–H groups in total. The monoisotopic (exact) mass is 212 g/mol. The summed E-state index contributed by atoms with van der Waals surface area (Å²) in [6.07, 6.45) is 1.09. The van der Waals surface area contributed by atoms with Crippen molar-refractivity contribution >= 4 is 27.3 Å². The average molecular weight is 213 g/mol. The van der Waals surface area contributed by atoms with Crippen molar-refractivity contribution in [2.24, 2.45) is 0 Å². The second-order valence-electron chi connectivity index (χ2n) is 2.67. The predicted molar refractivity (Wildman–Crippen MR) is 50.7 cm³/mol. The molecule has 0 atom stereocenters. The average Bonchev–Trinajstić information content (AvgIpc) is 2.45. The standard InChI is InChI=1S/C8H9BrN2/c9-6-2-1-5-3-4-11-8(5)7(6)10/h1-2,11H,3-4,10H2. The second kappa shape index (κ2) is 2.41. The molecule has 0 saturated heterocycles. The maximum Gasteiger partial charge on any atom is 0.0697 e. The molecule has 1 aliphatic rings. The SMILES string of the molecule is Nc1c(Br)ccc2c1NCC2. The molecule has 58 valence electrons. The first kappa shape index (κ1) is 6.98. The van der Waals surface area contributed by atoms with Gasteiger partial charge in [-0.3, -0.25) is 0 Å². The smallest absolute Gasteiger partial charge is 0.0697 e. The zero-order valence-corrected chi connectivity index (χ0v) is 7.61. The van der Waals surface area contributed by atoms with E-state index in [1.165, 1.54) is 5.56 Å². The molecular formula is C8H9BrN2. The van der Waals surface area contributed by atoms with E-state index in [1.54, 1.807) is 0 Å². The van der Waals surface area contributed by atoms with Gasteiger partial charge in [0.1, 0.15) is 0 Å². The Kier molecular flexibility index (Phi) is 1.53. The van der Waals surface area contributed by atoms with E-state index in [0.717, 1.165) is 28.8 Å². The van der Waals surface area contributed by atoms with Gasteiger partial charge in [-0.25, -0.2) is 0 Å². The van der Waals surface area contributed by atoms with Crippen molar-refractivity contribution in [3.63, 3.8) is 0 Å². The van der Waals surface area contributed by atoms with Crippen LogP contribution < -0.4 is 11.1 Å². The Morgan fingerprint density at radius 2 is 2.27 bits per heavy atom. The number of nitrogens with one attached hydrogen (secondary N) is 1. The Morgan fingerprint density at radius 1 is 1.45 bits per heavy atom. The van der Waals surface area contributed by atoms with E-state index in [0.29, 0.717) is 0 Å². The van der Waals surface area contributed by atoms with Gasteiger partial charge in [-0.05, 0) is 34.0 Å². The maximum atomic E-state index is 5.82. The number of nitrogens with two attached hydrogens (primary N) is 1. The first-order valence-electron chi connectivity index (χ1n) is 3.60. The summed E-state index contributed by atoms with van der Waals surface area (Å²) in [6, 6.07) is 4.11. The molecule has 1 heterocycles. The van der Waals surface area contributed by atoms with Crippen molar-refractivity contribution in [1.82, 2.24) is 0 Å². The quantitative estimate of drug-likeness (QED) is 0.647. The molecular weight excluding hydrogens is 204 g/mol. The highest BCUT2D eigenvalue weighted by atomic mass is 79.9. The fourth-order valence-corrected chi connectivity index (χ4v) is 1.71. The molecule has 0 aromatic heterocycles. The van der Waals surface area contributed by atoms with Crippen LogP contribution in [-0.2, 0) is 6.42 Å². The summed E-state index contributed by atoms with van der Waals surface area (Å²) in [7, 11) is 0. The molecule has 11 heavy (non-hydrogen) atoms. The molecule has 0 saturated carbocycles. The van der Waals surface area contributed by atoms with Gasteiger partial charge in [-0.2, -0.15) is 0 Å². The normalized spacial score (nSPS) is 14.3. The predicted octanol–water partition coefficient (Wildman–Crippen LogP) is 2.00. The summed E-state index contributed by atoms with van der Waals surface area (Å²) in [5, 5.41) is 3.25. The van der Waals surface area contributed by atoms with Crippen molar-refractivity contribution in [3.8, 4) is 0 Å². The number of anilines is 2. The number of benzene rings is 1. The minimum atomic E-state index is 0.833. The highest BCUT2D eigenvalue weighted by Gasteiger charge is 2.13. The van der Waals surface area contributed by atoms with Gasteiger partial charge in [0.15, 0.2) is 0 Å². The van der Waals surface area contributed by atoms with Crippen LogP contribution in [0.5, 0.6) is 0 Å². The van der Waals surface area contributed by atoms with Crippen molar-refractivity contribution in [2.75, 3.05) is 17.6 Å². The molecule has 0 radical (unpaired) electrons. The number of fused-ring (bicyclic) bond motifs is 1. The highest BCUT2D eigenvalue weighted by molar-refractivity contribution is 9.10. The third kappa shape index (κ3) is 0.997. The molecule has 0 amide bonds. The number of nitrogen functional groups attached to an aromatic ring is 1. The minimum Gasteiger partial charge on any atom is -0.396 e. The summed E-state index contributed by atoms with van der Waals surface area (Å²) in [6.45, 7) is 1.01. The maximum absolute atomic E-state index is 5.82. The van der Waals surface area contributed by atoms with Crippen molar-refractivity contribution in [1.29, 1.82) is 0 Å². The molecule has 0 unspecified atom stereocenters. The molecule has 1 aromatic rings. The Balaban J connectivity index is 2.62. The van der Waals surface area contributed by atoms with Gasteiger partial charge < -0.3 is 11.1 Å². The van der Waals surface area contributed by atoms with E-state index in [9.17, 15) is 0 Å². The molecule has 1 aromatic carbocycles. The summed E-state index contributed by atoms with van der Waals surface area (Å²) in [5.41, 5.74) is 9.09. The molecule has 0 fully saturated rings. The molecule has 1 aliphatic heterocycles. The van der Waals surface area contributed by atoms with E-state index in [1.807, 2.05) is 6.07 Å². The zero-order valence-electron chi connectivity index (χ0n) is 6.02. The fraction of sp³-hybridized carbons (Fsp3) is 0.250. The van der Waals surface area contributed by atoms with Gasteiger partial charge in [0.25, 0.3) is 0 Å². The third-order valence-electron chi connectivity index (χ3n) is 1.97. The van der Waals surface area contributed by atoms with Crippen LogP contribution in [0.3, 0.4) is 0 Å². The molecule has 0 spiro atoms. The largest absolute Gasteiger partial charge is 0.396 e. The number of hydrogen-bond donors (Lipinski definition) is 2. The van der Waals surface area contributed by atoms with Gasteiger partial charge >= 0.3 is 0 Å². The van der Waals surface area contributed by atoms with Gasteiger partial charge in [0.2, 0.25) is 0 Å².